The van der Waals surface area contributed by atoms with Crippen molar-refractivity contribution in [3.05, 3.63) is 59.4 Å². The van der Waals surface area contributed by atoms with Crippen LogP contribution in [0.5, 0.6) is 0 Å². The molecule has 2 aromatic carbocycles. The lowest BCUT2D eigenvalue weighted by atomic mass is 9.96. The van der Waals surface area contributed by atoms with Gasteiger partial charge in [0.25, 0.3) is 0 Å². The first-order valence-electron chi connectivity index (χ1n) is 11.7. The minimum atomic E-state index is -3.29. The number of sulfone groups is 1. The first kappa shape index (κ1) is 23.5. The van der Waals surface area contributed by atoms with Crippen molar-refractivity contribution >= 4 is 26.8 Å². The van der Waals surface area contributed by atoms with Crippen molar-refractivity contribution in [3.63, 3.8) is 0 Å². The molecule has 176 valence electrons. The molecular weight excluding hydrogens is 434 g/mol. The molecule has 2 heterocycles. The van der Waals surface area contributed by atoms with Gasteiger partial charge >= 0.3 is 0 Å². The molecule has 6 nitrogen and oxygen atoms in total. The molecular formula is C26H33N3O3S. The molecule has 0 spiro atoms. The Labute approximate surface area is 196 Å². The second-order valence-electron chi connectivity index (χ2n) is 9.56. The van der Waals surface area contributed by atoms with E-state index < -0.39 is 15.1 Å². The highest BCUT2D eigenvalue weighted by molar-refractivity contribution is 7.92. The van der Waals surface area contributed by atoms with Crippen molar-refractivity contribution in [2.24, 2.45) is 5.92 Å². The SMILES string of the molecule is Cc1cc2ncn(CC3CCN(C(=O)Cc4ccc(S(=O)(=O)C(C)C)cc4)CC3)c2cc1C. The van der Waals surface area contributed by atoms with Gasteiger partial charge < -0.3 is 9.47 Å². The van der Waals surface area contributed by atoms with Crippen LogP contribution in [-0.2, 0) is 27.6 Å². The molecule has 1 aliphatic heterocycles. The van der Waals surface area contributed by atoms with Crippen molar-refractivity contribution in [1.29, 1.82) is 0 Å². The topological polar surface area (TPSA) is 72.3 Å². The molecule has 0 aliphatic carbocycles. The number of hydrogen-bond acceptors (Lipinski definition) is 4. The van der Waals surface area contributed by atoms with E-state index in [-0.39, 0.29) is 5.91 Å². The third kappa shape index (κ3) is 4.98. The van der Waals surface area contributed by atoms with Gasteiger partial charge in [-0.05, 0) is 87.4 Å². The Balaban J connectivity index is 1.33. The standard InChI is InChI=1S/C26H33N3O3S/c1-18(2)33(31,32)23-7-5-21(6-8-23)15-26(30)28-11-9-22(10-12-28)16-29-17-27-24-13-19(3)20(4)14-25(24)29/h5-8,13-14,17-18,22H,9-12,15-16H2,1-4H3. The minimum absolute atomic E-state index is 0.104. The summed E-state index contributed by atoms with van der Waals surface area (Å²) in [6.45, 7) is 10.0. The number of rotatable bonds is 6. The Morgan fingerprint density at radius 3 is 2.33 bits per heavy atom. The van der Waals surface area contributed by atoms with Crippen molar-refractivity contribution in [1.82, 2.24) is 14.5 Å². The number of nitrogens with zero attached hydrogens (tertiary/aromatic N) is 3. The van der Waals surface area contributed by atoms with E-state index in [1.165, 1.54) is 16.6 Å². The Kier molecular flexibility index (Phi) is 6.61. The fourth-order valence-corrected chi connectivity index (χ4v) is 5.52. The second kappa shape index (κ2) is 9.29. The summed E-state index contributed by atoms with van der Waals surface area (Å²) >= 11 is 0. The zero-order valence-corrected chi connectivity index (χ0v) is 20.7. The lowest BCUT2D eigenvalue weighted by Crippen LogP contribution is -2.40. The third-order valence-corrected chi connectivity index (χ3v) is 9.06. The number of imidazole rings is 1. The summed E-state index contributed by atoms with van der Waals surface area (Å²) in [6, 6.07) is 11.1. The van der Waals surface area contributed by atoms with Gasteiger partial charge in [-0.25, -0.2) is 13.4 Å². The summed E-state index contributed by atoms with van der Waals surface area (Å²) < 4.78 is 26.8. The van der Waals surface area contributed by atoms with E-state index in [1.807, 2.05) is 11.2 Å². The molecule has 1 aliphatic rings. The van der Waals surface area contributed by atoms with E-state index >= 15 is 0 Å². The maximum Gasteiger partial charge on any atom is 0.226 e. The number of aryl methyl sites for hydroxylation is 2. The highest BCUT2D eigenvalue weighted by atomic mass is 32.2. The summed E-state index contributed by atoms with van der Waals surface area (Å²) in [4.78, 5) is 19.6. The quantitative estimate of drug-likeness (QED) is 0.541. The number of amides is 1. The molecule has 0 N–H and O–H groups in total. The van der Waals surface area contributed by atoms with Gasteiger partial charge in [0.05, 0.1) is 33.9 Å². The Morgan fingerprint density at radius 1 is 1.06 bits per heavy atom. The van der Waals surface area contributed by atoms with Crippen LogP contribution in [0, 0.1) is 19.8 Å². The summed E-state index contributed by atoms with van der Waals surface area (Å²) in [5, 5.41) is -0.459. The number of hydrogen-bond donors (Lipinski definition) is 0. The summed E-state index contributed by atoms with van der Waals surface area (Å²) in [5.74, 6) is 0.626. The molecule has 1 fully saturated rings. The maximum atomic E-state index is 12.8. The van der Waals surface area contributed by atoms with E-state index in [2.05, 4.69) is 35.5 Å². The molecule has 1 aromatic heterocycles. The van der Waals surface area contributed by atoms with Gasteiger partial charge in [0.1, 0.15) is 0 Å². The molecule has 3 aromatic rings. The number of likely N-dealkylation sites (tertiary alicyclic amines) is 1. The lowest BCUT2D eigenvalue weighted by molar-refractivity contribution is -0.131. The Morgan fingerprint density at radius 2 is 1.70 bits per heavy atom. The monoisotopic (exact) mass is 467 g/mol. The highest BCUT2D eigenvalue weighted by Crippen LogP contribution is 2.24. The van der Waals surface area contributed by atoms with E-state index in [0.717, 1.165) is 43.6 Å². The number of benzene rings is 2. The predicted octanol–water partition coefficient (Wildman–Crippen LogP) is 4.32. The van der Waals surface area contributed by atoms with Gasteiger partial charge in [-0.1, -0.05) is 12.1 Å². The Bertz CT molecular complexity index is 1250. The molecule has 0 atom stereocenters. The van der Waals surface area contributed by atoms with Crippen LogP contribution in [0.4, 0.5) is 0 Å². The van der Waals surface area contributed by atoms with E-state index in [1.54, 1.807) is 38.1 Å². The molecule has 4 rings (SSSR count). The van der Waals surface area contributed by atoms with Gasteiger partial charge in [0, 0.05) is 19.6 Å². The van der Waals surface area contributed by atoms with Crippen molar-refractivity contribution in [3.8, 4) is 0 Å². The van der Waals surface area contributed by atoms with Crippen molar-refractivity contribution < 1.29 is 13.2 Å². The van der Waals surface area contributed by atoms with Gasteiger partial charge in [0.2, 0.25) is 5.91 Å². The minimum Gasteiger partial charge on any atom is -0.342 e. The molecule has 7 heteroatoms. The second-order valence-corrected chi connectivity index (χ2v) is 12.1. The van der Waals surface area contributed by atoms with Crippen LogP contribution >= 0.6 is 0 Å². The van der Waals surface area contributed by atoms with Gasteiger partial charge in [-0.2, -0.15) is 0 Å². The van der Waals surface area contributed by atoms with Gasteiger partial charge in [-0.3, -0.25) is 4.79 Å². The number of aromatic nitrogens is 2. The van der Waals surface area contributed by atoms with Crippen LogP contribution in [0.1, 0.15) is 43.4 Å². The molecule has 33 heavy (non-hydrogen) atoms. The smallest absolute Gasteiger partial charge is 0.226 e. The number of carbonyl (C=O) groups is 1. The average molecular weight is 468 g/mol. The molecule has 1 saturated heterocycles. The van der Waals surface area contributed by atoms with Crippen LogP contribution in [0.3, 0.4) is 0 Å². The van der Waals surface area contributed by atoms with Crippen LogP contribution in [0.2, 0.25) is 0 Å². The molecule has 0 bridgehead atoms. The number of fused-ring (bicyclic) bond motifs is 1. The molecule has 0 radical (unpaired) electrons. The van der Waals surface area contributed by atoms with Crippen LogP contribution in [0.15, 0.2) is 47.6 Å². The predicted molar refractivity (Wildman–Crippen MR) is 131 cm³/mol. The first-order valence-corrected chi connectivity index (χ1v) is 13.2. The summed E-state index contributed by atoms with van der Waals surface area (Å²) in [5.41, 5.74) is 5.60. The maximum absolute atomic E-state index is 12.8. The lowest BCUT2D eigenvalue weighted by Gasteiger charge is -2.32. The molecule has 0 saturated carbocycles. The van der Waals surface area contributed by atoms with Crippen molar-refractivity contribution in [2.75, 3.05) is 13.1 Å². The van der Waals surface area contributed by atoms with Crippen LogP contribution in [-0.4, -0.2) is 47.1 Å². The molecule has 1 amide bonds. The zero-order valence-electron chi connectivity index (χ0n) is 19.9. The fourth-order valence-electron chi connectivity index (χ4n) is 4.46. The normalized spacial score (nSPS) is 15.5. The number of piperidine rings is 1. The van der Waals surface area contributed by atoms with E-state index in [4.69, 9.17) is 0 Å². The fraction of sp³-hybridized carbons (Fsp3) is 0.462. The number of carbonyl (C=O) groups excluding carboxylic acids is 1. The van der Waals surface area contributed by atoms with Crippen molar-refractivity contribution in [2.45, 2.75) is 63.6 Å². The van der Waals surface area contributed by atoms with Gasteiger partial charge in [-0.15, -0.1) is 0 Å². The summed E-state index contributed by atoms with van der Waals surface area (Å²) in [6.07, 6.45) is 4.19. The van der Waals surface area contributed by atoms with Crippen LogP contribution < -0.4 is 0 Å². The summed E-state index contributed by atoms with van der Waals surface area (Å²) in [7, 11) is -3.29. The molecule has 0 unspecified atom stereocenters. The highest BCUT2D eigenvalue weighted by Gasteiger charge is 2.24. The van der Waals surface area contributed by atoms with E-state index in [9.17, 15) is 13.2 Å². The van der Waals surface area contributed by atoms with Crippen LogP contribution in [0.25, 0.3) is 11.0 Å². The Hall–Kier alpha value is -2.67. The van der Waals surface area contributed by atoms with E-state index in [0.29, 0.717) is 17.2 Å². The zero-order chi connectivity index (χ0) is 23.8. The first-order chi connectivity index (χ1) is 15.6. The van der Waals surface area contributed by atoms with Gasteiger partial charge in [0.15, 0.2) is 9.84 Å². The third-order valence-electron chi connectivity index (χ3n) is 6.89. The average Bonchev–Trinajstić information content (AvgIpc) is 3.16. The largest absolute Gasteiger partial charge is 0.342 e.